The number of carbonyl (C=O) groups excluding carboxylic acids is 1. The highest BCUT2D eigenvalue weighted by atomic mass is 35.5. The molecule has 7 nitrogen and oxygen atoms in total. The quantitative estimate of drug-likeness (QED) is 0.761. The maximum absolute atomic E-state index is 12.1. The summed E-state index contributed by atoms with van der Waals surface area (Å²) in [6.07, 6.45) is -0.907. The number of carboxylic acids is 1. The Bertz CT molecular complexity index is 628. The van der Waals surface area contributed by atoms with Crippen LogP contribution in [0.4, 0.5) is 10.5 Å². The fraction of sp³-hybridized carbons (Fsp3) is 0.308. The Morgan fingerprint density at radius 3 is 2.81 bits per heavy atom. The zero-order valence-corrected chi connectivity index (χ0v) is 11.5. The first-order chi connectivity index (χ1) is 9.92. The highest BCUT2D eigenvalue weighted by Gasteiger charge is 2.39. The van der Waals surface area contributed by atoms with Crippen LogP contribution in [-0.2, 0) is 4.79 Å². The second-order valence-electron chi connectivity index (χ2n) is 4.63. The number of rotatable bonds is 2. The molecule has 0 radical (unpaired) electrons. The maximum Gasteiger partial charge on any atom is 0.326 e. The number of hydrogen-bond donors (Lipinski definition) is 3. The highest BCUT2D eigenvalue weighted by Crippen LogP contribution is 2.23. The van der Waals surface area contributed by atoms with E-state index in [2.05, 4.69) is 5.32 Å². The van der Waals surface area contributed by atoms with Gasteiger partial charge in [0, 0.05) is 18.0 Å². The third kappa shape index (κ3) is 3.24. The second-order valence-corrected chi connectivity index (χ2v) is 5.06. The van der Waals surface area contributed by atoms with Crippen LogP contribution in [-0.4, -0.2) is 45.8 Å². The van der Waals surface area contributed by atoms with Crippen molar-refractivity contribution < 1.29 is 19.8 Å². The molecule has 110 valence electrons. The van der Waals surface area contributed by atoms with E-state index in [0.717, 1.165) is 4.90 Å². The molecule has 1 aromatic rings. The average Bonchev–Trinajstić information content (AvgIpc) is 2.81. The van der Waals surface area contributed by atoms with Gasteiger partial charge in [0.05, 0.1) is 17.4 Å². The van der Waals surface area contributed by atoms with Gasteiger partial charge in [-0.3, -0.25) is 0 Å². The van der Waals surface area contributed by atoms with Crippen molar-refractivity contribution in [3.63, 3.8) is 0 Å². The Balaban J connectivity index is 2.20. The molecule has 1 aliphatic heterocycles. The molecule has 2 amide bonds. The Hall–Kier alpha value is -2.30. The molecule has 21 heavy (non-hydrogen) atoms. The summed E-state index contributed by atoms with van der Waals surface area (Å²) in [6, 6.07) is 4.48. The molecule has 1 aliphatic rings. The topological polar surface area (TPSA) is 114 Å². The molecule has 1 saturated heterocycles. The van der Waals surface area contributed by atoms with Gasteiger partial charge in [-0.25, -0.2) is 9.59 Å². The zero-order chi connectivity index (χ0) is 15.6. The molecule has 1 fully saturated rings. The summed E-state index contributed by atoms with van der Waals surface area (Å²) >= 11 is 5.81. The SMILES string of the molecule is N#Cc1ccc(Cl)cc1NC(=O)N1CC(O)C[C@H]1C(=O)O. The monoisotopic (exact) mass is 309 g/mol. The summed E-state index contributed by atoms with van der Waals surface area (Å²) in [6.45, 7) is -0.0781. The lowest BCUT2D eigenvalue weighted by molar-refractivity contribution is -0.141. The van der Waals surface area contributed by atoms with Gasteiger partial charge in [0.1, 0.15) is 12.1 Å². The first-order valence-electron chi connectivity index (χ1n) is 6.10. The number of aliphatic carboxylic acids is 1. The predicted molar refractivity (Wildman–Crippen MR) is 73.9 cm³/mol. The molecule has 0 bridgehead atoms. The van der Waals surface area contributed by atoms with Crippen LogP contribution in [0.25, 0.3) is 0 Å². The number of carboxylic acid groups (broad SMARTS) is 1. The van der Waals surface area contributed by atoms with Crippen LogP contribution in [0.15, 0.2) is 18.2 Å². The predicted octanol–water partition coefficient (Wildman–Crippen LogP) is 1.26. The summed E-state index contributed by atoms with van der Waals surface area (Å²) in [5.74, 6) is -1.19. The Labute approximate surface area is 125 Å². The van der Waals surface area contributed by atoms with Crippen LogP contribution in [0.5, 0.6) is 0 Å². The van der Waals surface area contributed by atoms with Gasteiger partial charge < -0.3 is 20.4 Å². The zero-order valence-electron chi connectivity index (χ0n) is 10.8. The van der Waals surface area contributed by atoms with Crippen LogP contribution < -0.4 is 5.32 Å². The number of carbonyl (C=O) groups is 2. The summed E-state index contributed by atoms with van der Waals surface area (Å²) in [4.78, 5) is 24.3. The first-order valence-corrected chi connectivity index (χ1v) is 6.48. The van der Waals surface area contributed by atoms with Crippen LogP contribution in [0.2, 0.25) is 5.02 Å². The number of halogens is 1. The largest absolute Gasteiger partial charge is 0.480 e. The standard InChI is InChI=1S/C13H12ClN3O4/c14-8-2-1-7(5-15)10(3-8)16-13(21)17-6-9(18)4-11(17)12(19)20/h1-3,9,11,18H,4,6H2,(H,16,21)(H,19,20)/t9?,11-/m0/s1. The van der Waals surface area contributed by atoms with Crippen LogP contribution >= 0.6 is 11.6 Å². The van der Waals surface area contributed by atoms with E-state index in [9.17, 15) is 14.7 Å². The van der Waals surface area contributed by atoms with E-state index in [0.29, 0.717) is 5.02 Å². The van der Waals surface area contributed by atoms with Crippen LogP contribution in [0.3, 0.4) is 0 Å². The first kappa shape index (κ1) is 15.1. The number of hydrogen-bond acceptors (Lipinski definition) is 4. The van der Waals surface area contributed by atoms with E-state index in [1.807, 2.05) is 6.07 Å². The van der Waals surface area contributed by atoms with Crippen LogP contribution in [0, 0.1) is 11.3 Å². The molecular formula is C13H12ClN3O4. The summed E-state index contributed by atoms with van der Waals surface area (Å²) < 4.78 is 0. The molecule has 0 aromatic heterocycles. The molecule has 1 unspecified atom stereocenters. The summed E-state index contributed by atoms with van der Waals surface area (Å²) in [5, 5.41) is 30.3. The maximum atomic E-state index is 12.1. The minimum atomic E-state index is -1.19. The van der Waals surface area contributed by atoms with E-state index in [4.69, 9.17) is 22.0 Å². The average molecular weight is 310 g/mol. The Morgan fingerprint density at radius 1 is 1.48 bits per heavy atom. The van der Waals surface area contributed by atoms with E-state index in [1.165, 1.54) is 18.2 Å². The number of nitriles is 1. The van der Waals surface area contributed by atoms with Crippen molar-refractivity contribution in [2.24, 2.45) is 0 Å². The number of aliphatic hydroxyl groups is 1. The van der Waals surface area contributed by atoms with E-state index >= 15 is 0 Å². The van der Waals surface area contributed by atoms with Crippen molar-refractivity contribution in [3.05, 3.63) is 28.8 Å². The van der Waals surface area contributed by atoms with Gasteiger partial charge in [-0.15, -0.1) is 0 Å². The molecule has 0 saturated carbocycles. The lowest BCUT2D eigenvalue weighted by Crippen LogP contribution is -2.43. The van der Waals surface area contributed by atoms with Crippen molar-refractivity contribution in [1.82, 2.24) is 4.90 Å². The van der Waals surface area contributed by atoms with Gasteiger partial charge in [0.25, 0.3) is 0 Å². The Kier molecular flexibility index (Phi) is 4.31. The smallest absolute Gasteiger partial charge is 0.326 e. The van der Waals surface area contributed by atoms with E-state index in [-0.39, 0.29) is 24.2 Å². The number of β-amino-alcohol motifs (C(OH)–C–C–N with tert-alkyl or cyclic N) is 1. The van der Waals surface area contributed by atoms with Gasteiger partial charge in [-0.05, 0) is 18.2 Å². The minimum absolute atomic E-state index is 0.0244. The van der Waals surface area contributed by atoms with E-state index < -0.39 is 24.1 Å². The molecule has 8 heteroatoms. The molecular weight excluding hydrogens is 298 g/mol. The number of nitrogens with one attached hydrogen (secondary N) is 1. The molecule has 2 atom stereocenters. The summed E-state index contributed by atoms with van der Waals surface area (Å²) in [5.41, 5.74) is 0.403. The van der Waals surface area contributed by atoms with Gasteiger partial charge in [0.15, 0.2) is 0 Å². The van der Waals surface area contributed by atoms with Crippen molar-refractivity contribution in [3.8, 4) is 6.07 Å². The number of benzene rings is 1. The van der Waals surface area contributed by atoms with Crippen molar-refractivity contribution in [2.45, 2.75) is 18.6 Å². The number of likely N-dealkylation sites (tertiary alicyclic amines) is 1. The molecule has 0 spiro atoms. The molecule has 1 aromatic carbocycles. The number of amides is 2. The molecule has 3 N–H and O–H groups in total. The molecule has 2 rings (SSSR count). The van der Waals surface area contributed by atoms with Crippen molar-refractivity contribution in [1.29, 1.82) is 5.26 Å². The van der Waals surface area contributed by atoms with Gasteiger partial charge in [0.2, 0.25) is 0 Å². The lowest BCUT2D eigenvalue weighted by Gasteiger charge is -2.21. The fourth-order valence-corrected chi connectivity index (χ4v) is 2.35. The van der Waals surface area contributed by atoms with Crippen molar-refractivity contribution in [2.75, 3.05) is 11.9 Å². The second kappa shape index (κ2) is 5.99. The minimum Gasteiger partial charge on any atom is -0.480 e. The Morgan fingerprint density at radius 2 is 2.19 bits per heavy atom. The lowest BCUT2D eigenvalue weighted by atomic mass is 10.2. The fourth-order valence-electron chi connectivity index (χ4n) is 2.18. The van der Waals surface area contributed by atoms with Gasteiger partial charge >= 0.3 is 12.0 Å². The highest BCUT2D eigenvalue weighted by molar-refractivity contribution is 6.31. The molecule has 0 aliphatic carbocycles. The van der Waals surface area contributed by atoms with Crippen LogP contribution in [0.1, 0.15) is 12.0 Å². The normalized spacial score (nSPS) is 20.9. The molecule has 1 heterocycles. The van der Waals surface area contributed by atoms with Gasteiger partial charge in [-0.1, -0.05) is 11.6 Å². The third-order valence-electron chi connectivity index (χ3n) is 3.17. The summed E-state index contributed by atoms with van der Waals surface area (Å²) in [7, 11) is 0. The third-order valence-corrected chi connectivity index (χ3v) is 3.40. The van der Waals surface area contributed by atoms with Crippen molar-refractivity contribution >= 4 is 29.3 Å². The number of nitrogens with zero attached hydrogens (tertiary/aromatic N) is 2. The number of anilines is 1. The van der Waals surface area contributed by atoms with E-state index in [1.54, 1.807) is 0 Å². The number of aliphatic hydroxyl groups excluding tert-OH is 1. The number of urea groups is 1. The van der Waals surface area contributed by atoms with Gasteiger partial charge in [-0.2, -0.15) is 5.26 Å².